The van der Waals surface area contributed by atoms with E-state index in [9.17, 15) is 0 Å². The minimum absolute atomic E-state index is 0.579. The normalized spacial score (nSPS) is 15.3. The summed E-state index contributed by atoms with van der Waals surface area (Å²) in [5, 5.41) is 21.2. The highest BCUT2D eigenvalue weighted by atomic mass is 32.2. The van der Waals surface area contributed by atoms with Crippen molar-refractivity contribution in [1.29, 1.82) is 0 Å². The Balaban J connectivity index is 1.49. The third-order valence-corrected chi connectivity index (χ3v) is 6.44. The predicted octanol–water partition coefficient (Wildman–Crippen LogP) is 2.76. The Labute approximate surface area is 178 Å². The molecule has 2 N–H and O–H groups in total. The van der Waals surface area contributed by atoms with Crippen molar-refractivity contribution in [2.45, 2.75) is 70.1 Å². The van der Waals surface area contributed by atoms with Crippen molar-refractivity contribution in [2.24, 2.45) is 12.0 Å². The van der Waals surface area contributed by atoms with Gasteiger partial charge in [-0.15, -0.1) is 10.2 Å². The van der Waals surface area contributed by atoms with Crippen molar-refractivity contribution >= 4 is 17.7 Å². The Hall–Kier alpha value is -2.03. The van der Waals surface area contributed by atoms with Gasteiger partial charge in [-0.3, -0.25) is 9.67 Å². The van der Waals surface area contributed by atoms with E-state index in [0.29, 0.717) is 6.04 Å². The van der Waals surface area contributed by atoms with Crippen LogP contribution in [0.25, 0.3) is 0 Å². The van der Waals surface area contributed by atoms with Gasteiger partial charge in [-0.25, -0.2) is 0 Å². The highest BCUT2D eigenvalue weighted by Crippen LogP contribution is 2.33. The minimum Gasteiger partial charge on any atom is -0.356 e. The lowest BCUT2D eigenvalue weighted by atomic mass is 10.2. The number of aliphatic imine (C=N–C) groups is 1. The van der Waals surface area contributed by atoms with Crippen molar-refractivity contribution in [1.82, 2.24) is 35.2 Å². The van der Waals surface area contributed by atoms with Gasteiger partial charge >= 0.3 is 0 Å². The maximum Gasteiger partial charge on any atom is 0.191 e. The van der Waals surface area contributed by atoms with Gasteiger partial charge in [0.25, 0.3) is 0 Å². The van der Waals surface area contributed by atoms with Gasteiger partial charge < -0.3 is 15.2 Å². The molecule has 0 saturated heterocycles. The Morgan fingerprint density at radius 3 is 2.59 bits per heavy atom. The van der Waals surface area contributed by atoms with Crippen molar-refractivity contribution in [3.8, 4) is 0 Å². The van der Waals surface area contributed by atoms with Crippen molar-refractivity contribution in [3.05, 3.63) is 22.8 Å². The summed E-state index contributed by atoms with van der Waals surface area (Å²) < 4.78 is 4.31. The third-order valence-electron chi connectivity index (χ3n) is 5.79. The number of guanidine groups is 1. The highest BCUT2D eigenvalue weighted by Gasteiger charge is 2.23. The number of nitrogens with zero attached hydrogens (tertiary/aromatic N) is 6. The molecule has 29 heavy (non-hydrogen) atoms. The fourth-order valence-electron chi connectivity index (χ4n) is 4.07. The van der Waals surface area contributed by atoms with Gasteiger partial charge in [0.05, 0.1) is 5.69 Å². The highest BCUT2D eigenvalue weighted by molar-refractivity contribution is 7.98. The number of hydrogen-bond acceptors (Lipinski definition) is 5. The molecule has 2 aromatic heterocycles. The number of thioether (sulfide) groups is 1. The molecule has 2 aromatic rings. The number of aryl methyl sites for hydroxylation is 3. The van der Waals surface area contributed by atoms with E-state index in [1.807, 2.05) is 18.7 Å². The monoisotopic (exact) mass is 418 g/mol. The predicted molar refractivity (Wildman–Crippen MR) is 119 cm³/mol. The Morgan fingerprint density at radius 2 is 1.97 bits per heavy atom. The van der Waals surface area contributed by atoms with Crippen molar-refractivity contribution in [3.63, 3.8) is 0 Å². The zero-order chi connectivity index (χ0) is 20.8. The molecule has 3 rings (SSSR count). The lowest BCUT2D eigenvalue weighted by Crippen LogP contribution is -2.37. The largest absolute Gasteiger partial charge is 0.356 e. The number of aromatic nitrogens is 5. The maximum absolute atomic E-state index is 4.48. The molecule has 1 aliphatic rings. The molecule has 0 radical (unpaired) electrons. The molecule has 0 bridgehead atoms. The third kappa shape index (κ3) is 5.12. The molecular formula is C20H34N8S. The summed E-state index contributed by atoms with van der Waals surface area (Å²) >= 11 is 1.70. The zero-order valence-electron chi connectivity index (χ0n) is 18.3. The quantitative estimate of drug-likeness (QED) is 0.297. The average molecular weight is 419 g/mol. The SMILES string of the molecule is CN=C(NCCCc1nnc(SC)n1C1CCCC1)NCc1c(C)nn(C)c1C. The molecule has 9 heteroatoms. The van der Waals surface area contributed by atoms with Gasteiger partial charge in [0, 0.05) is 50.9 Å². The lowest BCUT2D eigenvalue weighted by Gasteiger charge is -2.16. The molecule has 2 heterocycles. The summed E-state index contributed by atoms with van der Waals surface area (Å²) in [7, 11) is 3.78. The van der Waals surface area contributed by atoms with Crippen LogP contribution in [-0.2, 0) is 20.0 Å². The van der Waals surface area contributed by atoms with Crippen LogP contribution in [0.5, 0.6) is 0 Å². The molecule has 1 aliphatic carbocycles. The van der Waals surface area contributed by atoms with Gasteiger partial charge in [0.15, 0.2) is 11.1 Å². The van der Waals surface area contributed by atoms with Crippen LogP contribution in [-0.4, -0.2) is 50.4 Å². The Bertz CT molecular complexity index is 832. The number of rotatable bonds is 8. The van der Waals surface area contributed by atoms with E-state index in [-0.39, 0.29) is 0 Å². The minimum atomic E-state index is 0.579. The summed E-state index contributed by atoms with van der Waals surface area (Å²) in [5.74, 6) is 1.93. The Morgan fingerprint density at radius 1 is 1.21 bits per heavy atom. The lowest BCUT2D eigenvalue weighted by molar-refractivity contribution is 0.460. The van der Waals surface area contributed by atoms with Crippen molar-refractivity contribution in [2.75, 3.05) is 19.8 Å². The first-order valence-electron chi connectivity index (χ1n) is 10.5. The average Bonchev–Trinajstić information content (AvgIpc) is 3.42. The van der Waals surface area contributed by atoms with E-state index in [2.05, 4.69) is 48.7 Å². The molecule has 0 aliphatic heterocycles. The van der Waals surface area contributed by atoms with E-state index in [0.717, 1.165) is 48.6 Å². The van der Waals surface area contributed by atoms with E-state index >= 15 is 0 Å². The van der Waals surface area contributed by atoms with E-state index in [1.54, 1.807) is 18.8 Å². The van der Waals surface area contributed by atoms with Gasteiger partial charge in [-0.05, 0) is 39.4 Å². The fraction of sp³-hybridized carbons (Fsp3) is 0.700. The van der Waals surface area contributed by atoms with E-state index in [4.69, 9.17) is 0 Å². The summed E-state index contributed by atoms with van der Waals surface area (Å²) in [6, 6.07) is 0.579. The van der Waals surface area contributed by atoms with Crippen LogP contribution in [0.2, 0.25) is 0 Å². The second-order valence-corrected chi connectivity index (χ2v) is 8.41. The first-order valence-corrected chi connectivity index (χ1v) is 11.7. The standard InChI is InChI=1S/C20H34N8S/c1-14-17(15(2)27(4)26-14)13-23-19(21-3)22-12-8-11-18-24-25-20(29-5)28(18)16-9-6-7-10-16/h16H,6-13H2,1-5H3,(H2,21,22,23). The van der Waals surface area contributed by atoms with Crippen LogP contribution in [0, 0.1) is 13.8 Å². The van der Waals surface area contributed by atoms with Crippen molar-refractivity contribution < 1.29 is 0 Å². The van der Waals surface area contributed by atoms with E-state index < -0.39 is 0 Å². The maximum atomic E-state index is 4.48. The molecule has 1 saturated carbocycles. The number of hydrogen-bond donors (Lipinski definition) is 2. The summed E-state index contributed by atoms with van der Waals surface area (Å²) in [4.78, 5) is 4.34. The van der Waals surface area contributed by atoms with Gasteiger partial charge in [0.2, 0.25) is 0 Å². The van der Waals surface area contributed by atoms with Crippen LogP contribution in [0.1, 0.15) is 60.9 Å². The van der Waals surface area contributed by atoms with Crippen LogP contribution in [0.4, 0.5) is 0 Å². The zero-order valence-corrected chi connectivity index (χ0v) is 19.1. The van der Waals surface area contributed by atoms with Gasteiger partial charge in [-0.2, -0.15) is 5.10 Å². The molecule has 0 amide bonds. The molecule has 160 valence electrons. The van der Waals surface area contributed by atoms with Gasteiger partial charge in [-0.1, -0.05) is 24.6 Å². The molecule has 0 aromatic carbocycles. The molecule has 0 unspecified atom stereocenters. The molecule has 0 atom stereocenters. The van der Waals surface area contributed by atoms with E-state index in [1.165, 1.54) is 36.9 Å². The Kier molecular flexibility index (Phi) is 7.57. The van der Waals surface area contributed by atoms with Crippen LogP contribution >= 0.6 is 11.8 Å². The molecular weight excluding hydrogens is 384 g/mol. The summed E-state index contributed by atoms with van der Waals surface area (Å²) in [6.07, 6.45) is 9.13. The topological polar surface area (TPSA) is 84.9 Å². The summed E-state index contributed by atoms with van der Waals surface area (Å²) in [6.45, 7) is 5.70. The molecule has 1 fully saturated rings. The molecule has 0 spiro atoms. The fourth-order valence-corrected chi connectivity index (χ4v) is 4.64. The second kappa shape index (κ2) is 10.1. The van der Waals surface area contributed by atoms with Crippen LogP contribution in [0.3, 0.4) is 0 Å². The van der Waals surface area contributed by atoms with Crippen LogP contribution in [0.15, 0.2) is 10.1 Å². The summed E-state index contributed by atoms with van der Waals surface area (Å²) in [5.41, 5.74) is 3.47. The smallest absolute Gasteiger partial charge is 0.191 e. The molecule has 8 nitrogen and oxygen atoms in total. The van der Waals surface area contributed by atoms with Gasteiger partial charge in [0.1, 0.15) is 5.82 Å². The first kappa shape index (κ1) is 21.7. The van der Waals surface area contributed by atoms with Crippen LogP contribution < -0.4 is 10.6 Å². The second-order valence-electron chi connectivity index (χ2n) is 7.64. The number of nitrogens with one attached hydrogen (secondary N) is 2. The first-order chi connectivity index (χ1) is 14.0.